The van der Waals surface area contributed by atoms with E-state index in [0.29, 0.717) is 12.0 Å². The van der Waals surface area contributed by atoms with Crippen LogP contribution in [0.1, 0.15) is 33.1 Å². The maximum atomic E-state index is 9.24. The molecule has 0 unspecified atom stereocenters. The van der Waals surface area contributed by atoms with E-state index in [0.717, 1.165) is 19.4 Å². The average molecular weight is 157 g/mol. The fourth-order valence-corrected chi connectivity index (χ4v) is 1.64. The van der Waals surface area contributed by atoms with Crippen molar-refractivity contribution >= 4 is 0 Å². The molecule has 1 saturated carbocycles. The molecule has 0 aromatic carbocycles. The highest BCUT2D eigenvalue weighted by atomic mass is 16.3. The van der Waals surface area contributed by atoms with Crippen LogP contribution in [-0.4, -0.2) is 23.8 Å². The highest BCUT2D eigenvalue weighted by Crippen LogP contribution is 2.24. The molecule has 11 heavy (non-hydrogen) atoms. The van der Waals surface area contributed by atoms with E-state index in [1.165, 1.54) is 6.42 Å². The van der Waals surface area contributed by atoms with Crippen LogP contribution in [0, 0.1) is 5.92 Å². The molecule has 2 atom stereocenters. The Hall–Kier alpha value is -0.0800. The summed E-state index contributed by atoms with van der Waals surface area (Å²) in [4.78, 5) is 0. The highest BCUT2D eigenvalue weighted by molar-refractivity contribution is 4.76. The van der Waals surface area contributed by atoms with Crippen LogP contribution in [0.4, 0.5) is 0 Å². The Morgan fingerprint density at radius 1 is 1.45 bits per heavy atom. The topological polar surface area (TPSA) is 32.3 Å². The van der Waals surface area contributed by atoms with Crippen molar-refractivity contribution in [1.82, 2.24) is 5.32 Å². The summed E-state index contributed by atoms with van der Waals surface area (Å²) in [7, 11) is 0. The number of nitrogens with one attached hydrogen (secondary N) is 1. The van der Waals surface area contributed by atoms with Gasteiger partial charge in [-0.25, -0.2) is 0 Å². The van der Waals surface area contributed by atoms with Crippen LogP contribution in [0.5, 0.6) is 0 Å². The normalized spacial score (nSPS) is 31.6. The van der Waals surface area contributed by atoms with E-state index in [1.54, 1.807) is 0 Å². The van der Waals surface area contributed by atoms with Crippen molar-refractivity contribution in [2.75, 3.05) is 6.54 Å². The number of rotatable bonds is 3. The summed E-state index contributed by atoms with van der Waals surface area (Å²) < 4.78 is 0. The van der Waals surface area contributed by atoms with Crippen molar-refractivity contribution in [3.05, 3.63) is 0 Å². The third kappa shape index (κ3) is 3.21. The van der Waals surface area contributed by atoms with Crippen LogP contribution in [0.15, 0.2) is 0 Å². The summed E-state index contributed by atoms with van der Waals surface area (Å²) in [5.74, 6) is 0.715. The molecule has 1 rings (SSSR count). The van der Waals surface area contributed by atoms with Crippen LogP contribution in [0.2, 0.25) is 0 Å². The minimum Gasteiger partial charge on any atom is -0.393 e. The Bertz CT molecular complexity index is 114. The molecule has 0 heterocycles. The fourth-order valence-electron chi connectivity index (χ4n) is 1.64. The van der Waals surface area contributed by atoms with Gasteiger partial charge in [-0.2, -0.15) is 0 Å². The van der Waals surface area contributed by atoms with E-state index < -0.39 is 0 Å². The first-order chi connectivity index (χ1) is 5.18. The van der Waals surface area contributed by atoms with Gasteiger partial charge in [0.15, 0.2) is 0 Å². The van der Waals surface area contributed by atoms with Gasteiger partial charge in [0, 0.05) is 6.04 Å². The molecule has 0 amide bonds. The van der Waals surface area contributed by atoms with Gasteiger partial charge in [0.1, 0.15) is 0 Å². The Kier molecular flexibility index (Phi) is 3.34. The second kappa shape index (κ2) is 4.07. The van der Waals surface area contributed by atoms with E-state index in [-0.39, 0.29) is 6.10 Å². The number of aliphatic hydroxyl groups is 1. The van der Waals surface area contributed by atoms with Gasteiger partial charge < -0.3 is 10.4 Å². The van der Waals surface area contributed by atoms with Crippen LogP contribution in [0.3, 0.4) is 0 Å². The van der Waals surface area contributed by atoms with Gasteiger partial charge in [-0.1, -0.05) is 13.8 Å². The van der Waals surface area contributed by atoms with E-state index in [9.17, 15) is 5.11 Å². The van der Waals surface area contributed by atoms with Crippen molar-refractivity contribution in [2.45, 2.75) is 45.3 Å². The summed E-state index contributed by atoms with van der Waals surface area (Å²) in [5.41, 5.74) is 0. The first kappa shape index (κ1) is 9.01. The number of aliphatic hydroxyl groups excluding tert-OH is 1. The Morgan fingerprint density at radius 3 is 2.64 bits per heavy atom. The Morgan fingerprint density at radius 2 is 2.18 bits per heavy atom. The zero-order valence-corrected chi connectivity index (χ0v) is 7.51. The van der Waals surface area contributed by atoms with E-state index in [2.05, 4.69) is 19.2 Å². The average Bonchev–Trinajstić information content (AvgIpc) is 2.31. The van der Waals surface area contributed by atoms with E-state index in [4.69, 9.17) is 0 Å². The third-order valence-electron chi connectivity index (χ3n) is 2.33. The Balaban J connectivity index is 2.08. The van der Waals surface area contributed by atoms with Gasteiger partial charge in [0.05, 0.1) is 6.10 Å². The lowest BCUT2D eigenvalue weighted by Gasteiger charge is -2.12. The fraction of sp³-hybridized carbons (Fsp3) is 1.00. The lowest BCUT2D eigenvalue weighted by Crippen LogP contribution is -2.28. The van der Waals surface area contributed by atoms with Gasteiger partial charge in [0.25, 0.3) is 0 Å². The largest absolute Gasteiger partial charge is 0.393 e. The van der Waals surface area contributed by atoms with Gasteiger partial charge in [-0.05, 0) is 31.7 Å². The first-order valence-electron chi connectivity index (χ1n) is 4.60. The molecule has 0 saturated heterocycles. The van der Waals surface area contributed by atoms with Gasteiger partial charge in [-0.15, -0.1) is 0 Å². The third-order valence-corrected chi connectivity index (χ3v) is 2.33. The van der Waals surface area contributed by atoms with Crippen molar-refractivity contribution in [1.29, 1.82) is 0 Å². The van der Waals surface area contributed by atoms with Gasteiger partial charge in [-0.3, -0.25) is 0 Å². The van der Waals surface area contributed by atoms with Gasteiger partial charge >= 0.3 is 0 Å². The lowest BCUT2D eigenvalue weighted by atomic mass is 10.1. The summed E-state index contributed by atoms with van der Waals surface area (Å²) >= 11 is 0. The molecule has 1 aliphatic rings. The molecule has 0 spiro atoms. The van der Waals surface area contributed by atoms with Crippen molar-refractivity contribution in [2.24, 2.45) is 5.92 Å². The molecule has 0 bridgehead atoms. The van der Waals surface area contributed by atoms with Crippen LogP contribution >= 0.6 is 0 Å². The lowest BCUT2D eigenvalue weighted by molar-refractivity contribution is 0.177. The SMILES string of the molecule is CC(C)NC[C@@H]1CC[C@@H](O)C1. The summed E-state index contributed by atoms with van der Waals surface area (Å²) in [6.45, 7) is 5.39. The first-order valence-corrected chi connectivity index (χ1v) is 4.60. The molecular weight excluding hydrogens is 138 g/mol. The summed E-state index contributed by atoms with van der Waals surface area (Å²) in [6, 6.07) is 0.577. The van der Waals surface area contributed by atoms with Crippen molar-refractivity contribution < 1.29 is 5.11 Å². The minimum absolute atomic E-state index is 0.0195. The zero-order chi connectivity index (χ0) is 8.27. The van der Waals surface area contributed by atoms with E-state index in [1.807, 2.05) is 0 Å². The monoisotopic (exact) mass is 157 g/mol. The molecule has 2 N–H and O–H groups in total. The second-order valence-electron chi connectivity index (χ2n) is 3.90. The number of hydrogen-bond donors (Lipinski definition) is 2. The molecule has 0 radical (unpaired) electrons. The molecular formula is C9H19NO. The van der Waals surface area contributed by atoms with Crippen molar-refractivity contribution in [3.8, 4) is 0 Å². The standard InChI is InChI=1S/C9H19NO/c1-7(2)10-6-8-3-4-9(11)5-8/h7-11H,3-6H2,1-2H3/t8-,9-/m1/s1. The maximum Gasteiger partial charge on any atom is 0.0543 e. The molecule has 66 valence electrons. The highest BCUT2D eigenvalue weighted by Gasteiger charge is 2.22. The van der Waals surface area contributed by atoms with Gasteiger partial charge in [0.2, 0.25) is 0 Å². The molecule has 0 aromatic heterocycles. The predicted octanol–water partition coefficient (Wildman–Crippen LogP) is 1.15. The number of hydrogen-bond acceptors (Lipinski definition) is 2. The molecule has 0 aliphatic heterocycles. The quantitative estimate of drug-likeness (QED) is 0.644. The molecule has 2 nitrogen and oxygen atoms in total. The summed E-state index contributed by atoms with van der Waals surface area (Å²) in [6.07, 6.45) is 3.18. The van der Waals surface area contributed by atoms with Crippen LogP contribution in [0.25, 0.3) is 0 Å². The molecule has 1 fully saturated rings. The molecule has 1 aliphatic carbocycles. The maximum absolute atomic E-state index is 9.24. The predicted molar refractivity (Wildman–Crippen MR) is 46.5 cm³/mol. The van der Waals surface area contributed by atoms with Crippen LogP contribution < -0.4 is 5.32 Å². The zero-order valence-electron chi connectivity index (χ0n) is 7.51. The van der Waals surface area contributed by atoms with Crippen molar-refractivity contribution in [3.63, 3.8) is 0 Å². The Labute approximate surface area is 69.0 Å². The smallest absolute Gasteiger partial charge is 0.0543 e. The minimum atomic E-state index is -0.0195. The van der Waals surface area contributed by atoms with Crippen LogP contribution in [-0.2, 0) is 0 Å². The molecule has 2 heteroatoms. The molecule has 0 aromatic rings. The second-order valence-corrected chi connectivity index (χ2v) is 3.90. The van der Waals surface area contributed by atoms with E-state index >= 15 is 0 Å². The summed E-state index contributed by atoms with van der Waals surface area (Å²) in [5, 5.41) is 12.6.